The molecule has 1 aromatic heterocycles. The molecule has 1 aromatic carbocycles. The van der Waals surface area contributed by atoms with Gasteiger partial charge in [-0.1, -0.05) is 25.4 Å². The van der Waals surface area contributed by atoms with Crippen molar-refractivity contribution in [2.24, 2.45) is 0 Å². The highest BCUT2D eigenvalue weighted by atomic mass is 35.5. The number of aromatic nitrogens is 3. The van der Waals surface area contributed by atoms with E-state index in [2.05, 4.69) is 29.3 Å². The molecular weight excluding hydrogens is 262 g/mol. The second-order valence-corrected chi connectivity index (χ2v) is 5.24. The van der Waals surface area contributed by atoms with Gasteiger partial charge >= 0.3 is 0 Å². The number of benzene rings is 1. The number of aryl methyl sites for hydroxylation is 2. The molecule has 0 saturated heterocycles. The summed E-state index contributed by atoms with van der Waals surface area (Å²) in [5.74, 6) is 1.31. The Morgan fingerprint density at radius 1 is 1.32 bits per heavy atom. The molecule has 0 spiro atoms. The van der Waals surface area contributed by atoms with Crippen LogP contribution in [0, 0.1) is 0 Å². The van der Waals surface area contributed by atoms with Gasteiger partial charge in [0.25, 0.3) is 0 Å². The summed E-state index contributed by atoms with van der Waals surface area (Å²) in [6.07, 6.45) is 3.38. The molecule has 0 bridgehead atoms. The van der Waals surface area contributed by atoms with Crippen LogP contribution in [0.2, 0.25) is 5.02 Å². The molecule has 1 heterocycles. The Bertz CT molecular complexity index is 538. The second kappa shape index (κ2) is 6.06. The average Bonchev–Trinajstić information content (AvgIpc) is 2.88. The molecule has 0 fully saturated rings. The van der Waals surface area contributed by atoms with Gasteiger partial charge in [-0.2, -0.15) is 15.4 Å². The lowest BCUT2D eigenvalue weighted by Crippen LogP contribution is -2.01. The van der Waals surface area contributed by atoms with E-state index in [0.29, 0.717) is 5.92 Å². The third-order valence-electron chi connectivity index (χ3n) is 3.10. The van der Waals surface area contributed by atoms with E-state index < -0.39 is 0 Å². The van der Waals surface area contributed by atoms with E-state index in [1.165, 1.54) is 0 Å². The highest BCUT2D eigenvalue weighted by Crippen LogP contribution is 2.33. The molecule has 5 heteroatoms. The summed E-state index contributed by atoms with van der Waals surface area (Å²) in [7, 11) is 1.70. The molecule has 102 valence electrons. The molecule has 0 aliphatic heterocycles. The highest BCUT2D eigenvalue weighted by molar-refractivity contribution is 6.30. The number of halogens is 1. The van der Waals surface area contributed by atoms with Gasteiger partial charge in [-0.3, -0.25) is 0 Å². The molecule has 0 unspecified atom stereocenters. The maximum atomic E-state index is 6.19. The molecule has 1 N–H and O–H groups in total. The molecule has 0 radical (unpaired) electrons. The van der Waals surface area contributed by atoms with Crippen LogP contribution in [-0.4, -0.2) is 22.5 Å². The molecule has 4 nitrogen and oxygen atoms in total. The molecule has 2 rings (SSSR count). The number of hydrogen-bond acceptors (Lipinski definition) is 3. The molecule has 0 aliphatic rings. The molecule has 0 atom stereocenters. The monoisotopic (exact) mass is 279 g/mol. The minimum atomic E-state index is 0.374. The number of hydrogen-bond donors (Lipinski definition) is 1. The number of ether oxygens (including phenoxy) is 1. The Kier molecular flexibility index (Phi) is 4.43. The summed E-state index contributed by atoms with van der Waals surface area (Å²) in [5, 5.41) is 11.2. The normalized spacial score (nSPS) is 11.0. The third-order valence-corrected chi connectivity index (χ3v) is 3.32. The minimum Gasteiger partial charge on any atom is -0.496 e. The van der Waals surface area contributed by atoms with E-state index in [1.807, 2.05) is 12.1 Å². The van der Waals surface area contributed by atoms with Crippen molar-refractivity contribution in [2.75, 3.05) is 7.11 Å². The maximum absolute atomic E-state index is 6.19. The zero-order chi connectivity index (χ0) is 13.8. The first-order chi connectivity index (χ1) is 9.11. The van der Waals surface area contributed by atoms with Crippen LogP contribution in [0.1, 0.15) is 36.6 Å². The van der Waals surface area contributed by atoms with Crippen LogP contribution in [0.5, 0.6) is 5.75 Å². The average molecular weight is 280 g/mol. The number of methoxy groups -OCH3 is 1. The lowest BCUT2D eigenvalue weighted by molar-refractivity contribution is 0.402. The summed E-state index contributed by atoms with van der Waals surface area (Å²) < 4.78 is 5.56. The Morgan fingerprint density at radius 2 is 2.11 bits per heavy atom. The van der Waals surface area contributed by atoms with Crippen molar-refractivity contribution in [2.45, 2.75) is 32.6 Å². The fourth-order valence-corrected chi connectivity index (χ4v) is 2.39. The smallest absolute Gasteiger partial charge is 0.125 e. The van der Waals surface area contributed by atoms with E-state index in [9.17, 15) is 0 Å². The zero-order valence-corrected chi connectivity index (χ0v) is 12.2. The van der Waals surface area contributed by atoms with Crippen LogP contribution in [0.3, 0.4) is 0 Å². The van der Waals surface area contributed by atoms with Gasteiger partial charge in [0.15, 0.2) is 0 Å². The Labute approximate surface area is 118 Å². The largest absolute Gasteiger partial charge is 0.496 e. The van der Waals surface area contributed by atoms with Gasteiger partial charge in [0.2, 0.25) is 0 Å². The number of nitrogens with one attached hydrogen (secondary N) is 1. The number of nitrogens with zero attached hydrogens (tertiary/aromatic N) is 2. The summed E-state index contributed by atoms with van der Waals surface area (Å²) in [5.41, 5.74) is 3.19. The van der Waals surface area contributed by atoms with Crippen molar-refractivity contribution in [3.8, 4) is 5.75 Å². The first-order valence-corrected chi connectivity index (χ1v) is 6.70. The van der Waals surface area contributed by atoms with Crippen LogP contribution in [0.4, 0.5) is 0 Å². The van der Waals surface area contributed by atoms with Crippen molar-refractivity contribution >= 4 is 11.6 Å². The zero-order valence-electron chi connectivity index (χ0n) is 11.4. The molecule has 0 saturated carbocycles. The molecule has 0 amide bonds. The van der Waals surface area contributed by atoms with E-state index in [-0.39, 0.29) is 0 Å². The quantitative estimate of drug-likeness (QED) is 0.913. The van der Waals surface area contributed by atoms with Crippen LogP contribution < -0.4 is 4.74 Å². The lowest BCUT2D eigenvalue weighted by atomic mass is 9.96. The molecule has 19 heavy (non-hydrogen) atoms. The fraction of sp³-hybridized carbons (Fsp3) is 0.429. The summed E-state index contributed by atoms with van der Waals surface area (Å²) in [6, 6.07) is 3.94. The summed E-state index contributed by atoms with van der Waals surface area (Å²) >= 11 is 6.19. The Hall–Kier alpha value is -1.55. The van der Waals surface area contributed by atoms with Crippen LogP contribution in [-0.2, 0) is 12.8 Å². The number of aromatic amines is 1. The lowest BCUT2D eigenvalue weighted by Gasteiger charge is -2.16. The van der Waals surface area contributed by atoms with Crippen LogP contribution >= 0.6 is 11.6 Å². The van der Waals surface area contributed by atoms with Gasteiger partial charge in [-0.05, 0) is 42.0 Å². The summed E-state index contributed by atoms with van der Waals surface area (Å²) in [4.78, 5) is 0. The van der Waals surface area contributed by atoms with Gasteiger partial charge in [0.05, 0.1) is 19.0 Å². The Balaban J connectivity index is 2.27. The standard InChI is InChI=1S/C14H18ClN3O/c1-9(2)13-7-11(15)6-10(14(13)19-3)4-5-12-8-16-18-17-12/h6-9H,4-5H2,1-3H3,(H,16,17,18). The van der Waals surface area contributed by atoms with E-state index in [1.54, 1.807) is 13.3 Å². The van der Waals surface area contributed by atoms with Gasteiger partial charge < -0.3 is 4.74 Å². The topological polar surface area (TPSA) is 50.8 Å². The fourth-order valence-electron chi connectivity index (χ4n) is 2.15. The van der Waals surface area contributed by atoms with E-state index in [4.69, 9.17) is 16.3 Å². The number of H-pyrrole nitrogens is 1. The second-order valence-electron chi connectivity index (χ2n) is 4.80. The predicted molar refractivity (Wildman–Crippen MR) is 75.9 cm³/mol. The van der Waals surface area contributed by atoms with Crippen molar-refractivity contribution in [3.05, 3.63) is 40.2 Å². The summed E-state index contributed by atoms with van der Waals surface area (Å²) in [6.45, 7) is 4.27. The predicted octanol–water partition coefficient (Wildman–Crippen LogP) is 3.38. The molecule has 2 aromatic rings. The van der Waals surface area contributed by atoms with Crippen molar-refractivity contribution in [1.29, 1.82) is 0 Å². The van der Waals surface area contributed by atoms with Gasteiger partial charge in [0, 0.05) is 5.02 Å². The van der Waals surface area contributed by atoms with Crippen molar-refractivity contribution < 1.29 is 4.74 Å². The molecule has 0 aliphatic carbocycles. The van der Waals surface area contributed by atoms with E-state index >= 15 is 0 Å². The third kappa shape index (κ3) is 3.26. The van der Waals surface area contributed by atoms with Crippen LogP contribution in [0.25, 0.3) is 0 Å². The van der Waals surface area contributed by atoms with Gasteiger partial charge in [0.1, 0.15) is 5.75 Å². The van der Waals surface area contributed by atoms with E-state index in [0.717, 1.165) is 40.4 Å². The van der Waals surface area contributed by atoms with Gasteiger partial charge in [-0.15, -0.1) is 0 Å². The first kappa shape index (κ1) is 13.9. The first-order valence-electron chi connectivity index (χ1n) is 6.32. The maximum Gasteiger partial charge on any atom is 0.125 e. The number of rotatable bonds is 5. The van der Waals surface area contributed by atoms with Crippen LogP contribution in [0.15, 0.2) is 18.3 Å². The SMILES string of the molecule is COc1c(CCc2cn[nH]n2)cc(Cl)cc1C(C)C. The minimum absolute atomic E-state index is 0.374. The Morgan fingerprint density at radius 3 is 2.68 bits per heavy atom. The highest BCUT2D eigenvalue weighted by Gasteiger charge is 2.14. The van der Waals surface area contributed by atoms with Crippen molar-refractivity contribution in [1.82, 2.24) is 15.4 Å². The van der Waals surface area contributed by atoms with Gasteiger partial charge in [-0.25, -0.2) is 0 Å². The molecular formula is C14H18ClN3O. The van der Waals surface area contributed by atoms with Crippen molar-refractivity contribution in [3.63, 3.8) is 0 Å².